The summed E-state index contributed by atoms with van der Waals surface area (Å²) in [7, 11) is 0. The first-order valence-corrected chi connectivity index (χ1v) is 6.43. The molecule has 0 aliphatic heterocycles. The van der Waals surface area contributed by atoms with Gasteiger partial charge in [0.2, 0.25) is 5.95 Å². The van der Waals surface area contributed by atoms with Gasteiger partial charge in [-0.05, 0) is 46.9 Å². The van der Waals surface area contributed by atoms with Crippen LogP contribution in [0.4, 0.5) is 10.3 Å². The summed E-state index contributed by atoms with van der Waals surface area (Å²) in [6, 6.07) is 12.2. The molecule has 0 radical (unpaired) electrons. The number of fused-ring (bicyclic) bond motifs is 1. The lowest BCUT2D eigenvalue weighted by Crippen LogP contribution is -2.02. The van der Waals surface area contributed by atoms with Gasteiger partial charge in [0.15, 0.2) is 0 Å². The molecular formula is C13H9FIN3. The van der Waals surface area contributed by atoms with Crippen LogP contribution >= 0.6 is 22.6 Å². The van der Waals surface area contributed by atoms with E-state index in [0.29, 0.717) is 17.0 Å². The molecule has 3 rings (SSSR count). The molecule has 90 valence electrons. The van der Waals surface area contributed by atoms with E-state index in [9.17, 15) is 4.39 Å². The zero-order valence-electron chi connectivity index (χ0n) is 9.27. The number of rotatable bonds is 1. The highest BCUT2D eigenvalue weighted by Gasteiger charge is 2.12. The molecule has 0 spiro atoms. The number of hydrogen-bond acceptors (Lipinski definition) is 2. The Morgan fingerprint density at radius 3 is 2.72 bits per heavy atom. The third-order valence-corrected chi connectivity index (χ3v) is 3.65. The minimum Gasteiger partial charge on any atom is -0.369 e. The van der Waals surface area contributed by atoms with Gasteiger partial charge in [0.25, 0.3) is 0 Å². The lowest BCUT2D eigenvalue weighted by molar-refractivity contribution is 0.629. The number of nitrogen functional groups attached to an aromatic ring is 1. The summed E-state index contributed by atoms with van der Waals surface area (Å²) in [5.41, 5.74) is 8.20. The van der Waals surface area contributed by atoms with E-state index in [0.717, 1.165) is 9.26 Å². The van der Waals surface area contributed by atoms with Crippen LogP contribution in [0.25, 0.3) is 16.7 Å². The fraction of sp³-hybridized carbons (Fsp3) is 0. The van der Waals surface area contributed by atoms with E-state index in [1.165, 1.54) is 12.1 Å². The standard InChI is InChI=1S/C13H9FIN3/c14-8-5-6-10-12(7-8)18(13(16)17-10)11-4-2-1-3-9(11)15/h1-7H,(H2,16,17). The van der Waals surface area contributed by atoms with E-state index in [1.54, 1.807) is 10.6 Å². The van der Waals surface area contributed by atoms with E-state index in [2.05, 4.69) is 27.6 Å². The van der Waals surface area contributed by atoms with Gasteiger partial charge < -0.3 is 5.73 Å². The fourth-order valence-corrected chi connectivity index (χ4v) is 2.58. The summed E-state index contributed by atoms with van der Waals surface area (Å²) in [5, 5.41) is 0. The highest BCUT2D eigenvalue weighted by molar-refractivity contribution is 14.1. The number of benzene rings is 2. The van der Waals surface area contributed by atoms with Crippen LogP contribution in [-0.4, -0.2) is 9.55 Å². The maximum atomic E-state index is 13.4. The maximum Gasteiger partial charge on any atom is 0.205 e. The van der Waals surface area contributed by atoms with E-state index < -0.39 is 0 Å². The van der Waals surface area contributed by atoms with Crippen molar-refractivity contribution in [3.63, 3.8) is 0 Å². The predicted molar refractivity (Wildman–Crippen MR) is 78.2 cm³/mol. The molecule has 0 bridgehead atoms. The Bertz CT molecular complexity index is 736. The normalized spacial score (nSPS) is 11.0. The fourth-order valence-electron chi connectivity index (χ4n) is 1.95. The Labute approximate surface area is 117 Å². The third-order valence-electron chi connectivity index (χ3n) is 2.74. The second-order valence-corrected chi connectivity index (χ2v) is 5.05. The van der Waals surface area contributed by atoms with Crippen LogP contribution in [0.5, 0.6) is 0 Å². The molecule has 5 heteroatoms. The molecule has 0 fully saturated rings. The molecular weight excluding hydrogens is 344 g/mol. The SMILES string of the molecule is Nc1nc2ccc(F)cc2n1-c1ccccc1I. The van der Waals surface area contributed by atoms with Crippen molar-refractivity contribution in [1.82, 2.24) is 9.55 Å². The van der Waals surface area contributed by atoms with Crippen molar-refractivity contribution in [2.75, 3.05) is 5.73 Å². The molecule has 0 atom stereocenters. The Balaban J connectivity index is 2.38. The summed E-state index contributed by atoms with van der Waals surface area (Å²) in [5.74, 6) is 0.0642. The first-order chi connectivity index (χ1) is 8.66. The first kappa shape index (κ1) is 11.5. The average molecular weight is 353 g/mol. The van der Waals surface area contributed by atoms with Gasteiger partial charge in [0.1, 0.15) is 5.82 Å². The van der Waals surface area contributed by atoms with E-state index >= 15 is 0 Å². The number of halogens is 2. The van der Waals surface area contributed by atoms with Gasteiger partial charge >= 0.3 is 0 Å². The minimum absolute atomic E-state index is 0.297. The molecule has 2 aromatic carbocycles. The van der Waals surface area contributed by atoms with Crippen molar-refractivity contribution in [1.29, 1.82) is 0 Å². The van der Waals surface area contributed by atoms with Gasteiger partial charge in [0.05, 0.1) is 16.7 Å². The van der Waals surface area contributed by atoms with Gasteiger partial charge in [-0.15, -0.1) is 0 Å². The topological polar surface area (TPSA) is 43.8 Å². The van der Waals surface area contributed by atoms with Crippen LogP contribution in [0, 0.1) is 9.39 Å². The van der Waals surface area contributed by atoms with Crippen LogP contribution in [0.3, 0.4) is 0 Å². The van der Waals surface area contributed by atoms with Crippen LogP contribution in [0.1, 0.15) is 0 Å². The predicted octanol–water partition coefficient (Wildman–Crippen LogP) is 3.35. The Morgan fingerprint density at radius 1 is 1.17 bits per heavy atom. The zero-order valence-corrected chi connectivity index (χ0v) is 11.4. The number of nitrogens with two attached hydrogens (primary N) is 1. The van der Waals surface area contributed by atoms with Gasteiger partial charge in [-0.25, -0.2) is 9.37 Å². The van der Waals surface area contributed by atoms with E-state index in [-0.39, 0.29) is 5.82 Å². The minimum atomic E-state index is -0.297. The smallest absolute Gasteiger partial charge is 0.205 e. The molecule has 3 nitrogen and oxygen atoms in total. The summed E-state index contributed by atoms with van der Waals surface area (Å²) in [6.07, 6.45) is 0. The molecule has 3 aromatic rings. The van der Waals surface area contributed by atoms with Gasteiger partial charge in [-0.1, -0.05) is 12.1 Å². The van der Waals surface area contributed by atoms with Crippen molar-refractivity contribution in [2.24, 2.45) is 0 Å². The monoisotopic (exact) mass is 353 g/mol. The lowest BCUT2D eigenvalue weighted by atomic mass is 10.2. The molecule has 1 heterocycles. The second-order valence-electron chi connectivity index (χ2n) is 3.89. The number of hydrogen-bond donors (Lipinski definition) is 1. The zero-order chi connectivity index (χ0) is 12.7. The quantitative estimate of drug-likeness (QED) is 0.682. The van der Waals surface area contributed by atoms with Crippen LogP contribution in [0.15, 0.2) is 42.5 Å². The average Bonchev–Trinajstić information content (AvgIpc) is 2.66. The number of nitrogens with zero attached hydrogens (tertiary/aromatic N) is 2. The Hall–Kier alpha value is -1.63. The van der Waals surface area contributed by atoms with Crippen LogP contribution in [0.2, 0.25) is 0 Å². The lowest BCUT2D eigenvalue weighted by Gasteiger charge is -2.08. The van der Waals surface area contributed by atoms with Crippen molar-refractivity contribution >= 4 is 39.6 Å². The van der Waals surface area contributed by atoms with Crippen molar-refractivity contribution in [3.8, 4) is 5.69 Å². The maximum absolute atomic E-state index is 13.4. The highest BCUT2D eigenvalue weighted by Crippen LogP contribution is 2.26. The van der Waals surface area contributed by atoms with Gasteiger partial charge in [0, 0.05) is 9.64 Å². The van der Waals surface area contributed by atoms with Gasteiger partial charge in [-0.3, -0.25) is 4.57 Å². The molecule has 0 saturated heterocycles. The van der Waals surface area contributed by atoms with Crippen molar-refractivity contribution < 1.29 is 4.39 Å². The summed E-state index contributed by atoms with van der Waals surface area (Å²) in [4.78, 5) is 4.24. The van der Waals surface area contributed by atoms with Gasteiger partial charge in [-0.2, -0.15) is 0 Å². The summed E-state index contributed by atoms with van der Waals surface area (Å²) >= 11 is 2.22. The second kappa shape index (κ2) is 4.24. The third kappa shape index (κ3) is 1.74. The molecule has 0 amide bonds. The number of para-hydroxylation sites is 1. The number of imidazole rings is 1. The highest BCUT2D eigenvalue weighted by atomic mass is 127. The number of aromatic nitrogens is 2. The summed E-state index contributed by atoms with van der Waals surface area (Å²) < 4.78 is 16.2. The van der Waals surface area contributed by atoms with E-state index in [4.69, 9.17) is 5.73 Å². The van der Waals surface area contributed by atoms with Crippen molar-refractivity contribution in [3.05, 3.63) is 51.9 Å². The van der Waals surface area contributed by atoms with Crippen LogP contribution in [-0.2, 0) is 0 Å². The molecule has 0 aliphatic carbocycles. The molecule has 0 unspecified atom stereocenters. The molecule has 1 aromatic heterocycles. The molecule has 18 heavy (non-hydrogen) atoms. The van der Waals surface area contributed by atoms with Crippen LogP contribution < -0.4 is 5.73 Å². The molecule has 0 aliphatic rings. The number of anilines is 1. The summed E-state index contributed by atoms with van der Waals surface area (Å²) in [6.45, 7) is 0. The van der Waals surface area contributed by atoms with Crippen molar-refractivity contribution in [2.45, 2.75) is 0 Å². The molecule has 2 N–H and O–H groups in total. The van der Waals surface area contributed by atoms with E-state index in [1.807, 2.05) is 24.3 Å². The largest absolute Gasteiger partial charge is 0.369 e. The molecule has 0 saturated carbocycles. The Kier molecular flexibility index (Phi) is 2.70. The first-order valence-electron chi connectivity index (χ1n) is 5.35. The Morgan fingerprint density at radius 2 is 1.94 bits per heavy atom.